The second-order valence-electron chi connectivity index (χ2n) is 4.85. The van der Waals surface area contributed by atoms with Gasteiger partial charge in [0.2, 0.25) is 20.9 Å². The zero-order chi connectivity index (χ0) is 16.4. The van der Waals surface area contributed by atoms with Crippen LogP contribution >= 0.6 is 0 Å². The number of Topliss-reactive ketones (excluding diaryl/α,β-unsaturated/α-hetero) is 1. The average Bonchev–Trinajstić information content (AvgIpc) is 3.00. The highest BCUT2D eigenvalue weighted by molar-refractivity contribution is 7.93. The van der Waals surface area contributed by atoms with Gasteiger partial charge >= 0.3 is 0 Å². The zero-order valence-electron chi connectivity index (χ0n) is 11.8. The second-order valence-corrected chi connectivity index (χ2v) is 6.88. The van der Waals surface area contributed by atoms with Gasteiger partial charge in [-0.05, 0) is 18.2 Å². The minimum Gasteiger partial charge on any atom is -0.290 e. The molecule has 3 rings (SSSR count). The van der Waals surface area contributed by atoms with Gasteiger partial charge < -0.3 is 0 Å². The van der Waals surface area contributed by atoms with Crippen LogP contribution in [-0.4, -0.2) is 29.6 Å². The maximum absolute atomic E-state index is 12.6. The Morgan fingerprint density at radius 3 is 2.43 bits per heavy atom. The number of aromatic nitrogens is 2. The van der Waals surface area contributed by atoms with Crippen molar-refractivity contribution >= 4 is 26.5 Å². The van der Waals surface area contributed by atoms with Gasteiger partial charge in [-0.2, -0.15) is 10.4 Å². The fourth-order valence-corrected chi connectivity index (χ4v) is 3.63. The molecule has 0 saturated heterocycles. The first-order valence-corrected chi connectivity index (χ1v) is 8.26. The van der Waals surface area contributed by atoms with Crippen molar-refractivity contribution in [1.29, 1.82) is 5.26 Å². The molecule has 3 aromatic rings. The lowest BCUT2D eigenvalue weighted by atomic mass is 10.1. The molecule has 0 bridgehead atoms. The van der Waals surface area contributed by atoms with Crippen LogP contribution in [0.5, 0.6) is 0 Å². The molecule has 1 atom stereocenters. The van der Waals surface area contributed by atoms with E-state index in [1.54, 1.807) is 36.4 Å². The SMILES string of the molecule is N#CC(C(=O)c1n[nH]c2ccccc12)S(=O)(=O)c1ccccc1. The summed E-state index contributed by atoms with van der Waals surface area (Å²) < 4.78 is 25.1. The van der Waals surface area contributed by atoms with Gasteiger partial charge in [0, 0.05) is 5.39 Å². The quantitative estimate of drug-likeness (QED) is 0.740. The minimum atomic E-state index is -4.11. The molecular formula is C16H11N3O3S. The van der Waals surface area contributed by atoms with Crippen molar-refractivity contribution in [3.8, 4) is 6.07 Å². The molecule has 0 aliphatic rings. The smallest absolute Gasteiger partial charge is 0.216 e. The summed E-state index contributed by atoms with van der Waals surface area (Å²) in [5, 5.41) is 14.5. The Balaban J connectivity index is 2.08. The first kappa shape index (κ1) is 14.9. The van der Waals surface area contributed by atoms with E-state index >= 15 is 0 Å². The van der Waals surface area contributed by atoms with Gasteiger partial charge in [0.05, 0.1) is 16.5 Å². The van der Waals surface area contributed by atoms with Crippen molar-refractivity contribution in [1.82, 2.24) is 10.2 Å². The maximum Gasteiger partial charge on any atom is 0.216 e. The number of aromatic amines is 1. The fourth-order valence-electron chi connectivity index (χ4n) is 2.29. The third-order valence-electron chi connectivity index (χ3n) is 3.44. The summed E-state index contributed by atoms with van der Waals surface area (Å²) in [4.78, 5) is 12.5. The molecule has 0 radical (unpaired) electrons. The van der Waals surface area contributed by atoms with Crippen LogP contribution in [0.15, 0.2) is 59.5 Å². The number of sulfone groups is 1. The predicted molar refractivity (Wildman–Crippen MR) is 83.5 cm³/mol. The van der Waals surface area contributed by atoms with Crippen molar-refractivity contribution in [2.45, 2.75) is 10.1 Å². The topological polar surface area (TPSA) is 104 Å². The number of hydrogen-bond donors (Lipinski definition) is 1. The Kier molecular flexibility index (Phi) is 3.68. The Labute approximate surface area is 132 Å². The van der Waals surface area contributed by atoms with Crippen LogP contribution in [0.4, 0.5) is 0 Å². The number of carbonyl (C=O) groups excluding carboxylic acids is 1. The van der Waals surface area contributed by atoms with E-state index < -0.39 is 20.9 Å². The van der Waals surface area contributed by atoms with Crippen LogP contribution in [0.2, 0.25) is 0 Å². The van der Waals surface area contributed by atoms with Gasteiger partial charge in [-0.25, -0.2) is 8.42 Å². The van der Waals surface area contributed by atoms with Crippen LogP contribution < -0.4 is 0 Å². The predicted octanol–water partition coefficient (Wildman–Crippen LogP) is 2.11. The highest BCUT2D eigenvalue weighted by Gasteiger charge is 2.36. The summed E-state index contributed by atoms with van der Waals surface area (Å²) in [6, 6.07) is 15.9. The van der Waals surface area contributed by atoms with Gasteiger partial charge in [0.25, 0.3) is 0 Å². The molecule has 0 aliphatic carbocycles. The molecule has 1 unspecified atom stereocenters. The summed E-state index contributed by atoms with van der Waals surface area (Å²) in [7, 11) is -4.11. The molecule has 1 N–H and O–H groups in total. The van der Waals surface area contributed by atoms with E-state index in [2.05, 4.69) is 10.2 Å². The zero-order valence-corrected chi connectivity index (χ0v) is 12.6. The van der Waals surface area contributed by atoms with Crippen LogP contribution in [-0.2, 0) is 9.84 Å². The van der Waals surface area contributed by atoms with E-state index in [1.165, 1.54) is 24.3 Å². The number of rotatable bonds is 4. The van der Waals surface area contributed by atoms with Gasteiger partial charge in [-0.3, -0.25) is 9.89 Å². The summed E-state index contributed by atoms with van der Waals surface area (Å²) in [6.45, 7) is 0. The van der Waals surface area contributed by atoms with Crippen LogP contribution in [0, 0.1) is 11.3 Å². The van der Waals surface area contributed by atoms with Crippen LogP contribution in [0.3, 0.4) is 0 Å². The van der Waals surface area contributed by atoms with Crippen molar-refractivity contribution in [3.05, 3.63) is 60.3 Å². The largest absolute Gasteiger partial charge is 0.290 e. The molecular weight excluding hydrogens is 314 g/mol. The standard InChI is InChI=1S/C16H11N3O3S/c17-10-14(23(21,22)11-6-2-1-3-7-11)16(20)15-12-8-4-5-9-13(12)18-19-15/h1-9,14H,(H,18,19). The minimum absolute atomic E-state index is 0.0494. The number of hydrogen-bond acceptors (Lipinski definition) is 5. The monoisotopic (exact) mass is 325 g/mol. The molecule has 2 aromatic carbocycles. The number of carbonyl (C=O) groups is 1. The molecule has 0 spiro atoms. The molecule has 0 saturated carbocycles. The van der Waals surface area contributed by atoms with E-state index in [-0.39, 0.29) is 10.6 Å². The van der Waals surface area contributed by atoms with Crippen molar-refractivity contribution in [2.24, 2.45) is 0 Å². The van der Waals surface area contributed by atoms with Crippen molar-refractivity contribution < 1.29 is 13.2 Å². The molecule has 6 nitrogen and oxygen atoms in total. The molecule has 1 aromatic heterocycles. The van der Waals surface area contributed by atoms with Gasteiger partial charge in [-0.15, -0.1) is 0 Å². The molecule has 114 valence electrons. The Bertz CT molecular complexity index is 1020. The molecule has 7 heteroatoms. The van der Waals surface area contributed by atoms with E-state index in [0.717, 1.165) is 0 Å². The van der Waals surface area contributed by atoms with Crippen molar-refractivity contribution in [3.63, 3.8) is 0 Å². The Morgan fingerprint density at radius 2 is 1.74 bits per heavy atom. The number of H-pyrrole nitrogens is 1. The molecule has 0 amide bonds. The molecule has 0 fully saturated rings. The number of para-hydroxylation sites is 1. The Hall–Kier alpha value is -2.98. The molecule has 1 heterocycles. The second kappa shape index (κ2) is 5.66. The summed E-state index contributed by atoms with van der Waals surface area (Å²) in [5.41, 5.74) is 0.552. The fraction of sp³-hybridized carbons (Fsp3) is 0.0625. The lowest BCUT2D eigenvalue weighted by Gasteiger charge is -2.08. The Morgan fingerprint density at radius 1 is 1.09 bits per heavy atom. The number of benzene rings is 2. The number of ketones is 1. The van der Waals surface area contributed by atoms with Gasteiger partial charge in [0.1, 0.15) is 5.69 Å². The third kappa shape index (κ3) is 2.49. The van der Waals surface area contributed by atoms with E-state index in [4.69, 9.17) is 0 Å². The first-order valence-electron chi connectivity index (χ1n) is 6.71. The van der Waals surface area contributed by atoms with Crippen LogP contribution in [0.1, 0.15) is 10.5 Å². The highest BCUT2D eigenvalue weighted by atomic mass is 32.2. The summed E-state index contributed by atoms with van der Waals surface area (Å²) in [6.07, 6.45) is 0. The van der Waals surface area contributed by atoms with Crippen LogP contribution in [0.25, 0.3) is 10.9 Å². The molecule has 23 heavy (non-hydrogen) atoms. The normalized spacial score (nSPS) is 12.7. The maximum atomic E-state index is 12.6. The number of nitrogens with one attached hydrogen (secondary N) is 1. The lowest BCUT2D eigenvalue weighted by Crippen LogP contribution is -2.29. The molecule has 0 aliphatic heterocycles. The number of nitrogens with zero attached hydrogens (tertiary/aromatic N) is 2. The lowest BCUT2D eigenvalue weighted by molar-refractivity contribution is 0.0997. The average molecular weight is 325 g/mol. The van der Waals surface area contributed by atoms with Gasteiger partial charge in [-0.1, -0.05) is 36.4 Å². The van der Waals surface area contributed by atoms with E-state index in [1.807, 2.05) is 0 Å². The number of fused-ring (bicyclic) bond motifs is 1. The van der Waals surface area contributed by atoms with E-state index in [9.17, 15) is 18.5 Å². The summed E-state index contributed by atoms with van der Waals surface area (Å²) >= 11 is 0. The summed E-state index contributed by atoms with van der Waals surface area (Å²) in [5.74, 6) is -0.839. The first-order chi connectivity index (χ1) is 11.1. The van der Waals surface area contributed by atoms with Crippen molar-refractivity contribution in [2.75, 3.05) is 0 Å². The van der Waals surface area contributed by atoms with E-state index in [0.29, 0.717) is 10.9 Å². The number of nitriles is 1. The van der Waals surface area contributed by atoms with Gasteiger partial charge in [0.15, 0.2) is 0 Å². The highest BCUT2D eigenvalue weighted by Crippen LogP contribution is 2.22. The third-order valence-corrected chi connectivity index (χ3v) is 5.31.